The maximum atomic E-state index is 5.33. The van der Waals surface area contributed by atoms with E-state index in [4.69, 9.17) is 4.74 Å². The minimum atomic E-state index is 0.736. The lowest BCUT2D eigenvalue weighted by Gasteiger charge is -2.40. The number of piperazine rings is 1. The molecule has 0 radical (unpaired) electrons. The van der Waals surface area contributed by atoms with Crippen molar-refractivity contribution in [3.63, 3.8) is 0 Å². The van der Waals surface area contributed by atoms with E-state index >= 15 is 0 Å². The highest BCUT2D eigenvalue weighted by Crippen LogP contribution is 2.23. The standard InChI is InChI=1S/C17H27N3O/c1-21-17-7-4-6-15(13-17)19-9-11-20(12-10-19)16-5-2-3-8-18-14-16/h4,6-7,13,16,18H,2-3,5,8-12,14H2,1H3. The highest BCUT2D eigenvalue weighted by Gasteiger charge is 2.24. The van der Waals surface area contributed by atoms with Crippen molar-refractivity contribution in [3.05, 3.63) is 24.3 Å². The summed E-state index contributed by atoms with van der Waals surface area (Å²) in [6.07, 6.45) is 4.06. The Bertz CT molecular complexity index is 435. The number of rotatable bonds is 3. The van der Waals surface area contributed by atoms with E-state index in [0.717, 1.165) is 24.9 Å². The molecule has 21 heavy (non-hydrogen) atoms. The highest BCUT2D eigenvalue weighted by atomic mass is 16.5. The van der Waals surface area contributed by atoms with Crippen LogP contribution in [0, 0.1) is 0 Å². The summed E-state index contributed by atoms with van der Waals surface area (Å²) in [7, 11) is 1.73. The van der Waals surface area contributed by atoms with Crippen LogP contribution >= 0.6 is 0 Å². The molecule has 1 aromatic carbocycles. The van der Waals surface area contributed by atoms with Gasteiger partial charge in [-0.2, -0.15) is 0 Å². The summed E-state index contributed by atoms with van der Waals surface area (Å²) < 4.78 is 5.33. The van der Waals surface area contributed by atoms with Crippen molar-refractivity contribution < 1.29 is 4.74 Å². The number of nitrogens with zero attached hydrogens (tertiary/aromatic N) is 2. The van der Waals surface area contributed by atoms with Crippen LogP contribution in [0.3, 0.4) is 0 Å². The van der Waals surface area contributed by atoms with E-state index in [2.05, 4.69) is 33.3 Å². The molecule has 1 unspecified atom stereocenters. The maximum Gasteiger partial charge on any atom is 0.120 e. The maximum absolute atomic E-state index is 5.33. The van der Waals surface area contributed by atoms with E-state index in [9.17, 15) is 0 Å². The van der Waals surface area contributed by atoms with E-state index in [-0.39, 0.29) is 0 Å². The summed E-state index contributed by atoms with van der Waals surface area (Å²) in [4.78, 5) is 5.15. The Morgan fingerprint density at radius 3 is 2.81 bits per heavy atom. The Morgan fingerprint density at radius 2 is 2.00 bits per heavy atom. The van der Waals surface area contributed by atoms with Crippen LogP contribution in [0.25, 0.3) is 0 Å². The molecule has 0 bridgehead atoms. The third kappa shape index (κ3) is 3.69. The fourth-order valence-electron chi connectivity index (χ4n) is 3.46. The van der Waals surface area contributed by atoms with Crippen LogP contribution in [0.1, 0.15) is 19.3 Å². The van der Waals surface area contributed by atoms with Crippen molar-refractivity contribution in [3.8, 4) is 5.75 Å². The molecule has 2 saturated heterocycles. The average molecular weight is 289 g/mol. The van der Waals surface area contributed by atoms with Crippen LogP contribution in [-0.4, -0.2) is 57.3 Å². The lowest BCUT2D eigenvalue weighted by Crippen LogP contribution is -2.52. The molecular formula is C17H27N3O. The molecule has 0 aliphatic carbocycles. The molecule has 0 aromatic heterocycles. The van der Waals surface area contributed by atoms with Crippen molar-refractivity contribution >= 4 is 5.69 Å². The van der Waals surface area contributed by atoms with Crippen LogP contribution in [0.5, 0.6) is 5.75 Å². The summed E-state index contributed by atoms with van der Waals surface area (Å²) in [5.74, 6) is 0.947. The van der Waals surface area contributed by atoms with Crippen molar-refractivity contribution in [1.82, 2.24) is 10.2 Å². The van der Waals surface area contributed by atoms with E-state index < -0.39 is 0 Å². The second kappa shape index (κ2) is 7.14. The second-order valence-electron chi connectivity index (χ2n) is 6.08. The second-order valence-corrected chi connectivity index (χ2v) is 6.08. The smallest absolute Gasteiger partial charge is 0.120 e. The Balaban J connectivity index is 1.56. The summed E-state index contributed by atoms with van der Waals surface area (Å²) in [6.45, 7) is 6.93. The topological polar surface area (TPSA) is 27.7 Å². The van der Waals surface area contributed by atoms with Gasteiger partial charge >= 0.3 is 0 Å². The van der Waals surface area contributed by atoms with Crippen molar-refractivity contribution in [2.24, 2.45) is 0 Å². The average Bonchev–Trinajstić information content (AvgIpc) is 2.84. The summed E-state index contributed by atoms with van der Waals surface area (Å²) in [5.41, 5.74) is 1.29. The molecule has 0 saturated carbocycles. The molecule has 2 heterocycles. The third-order valence-corrected chi connectivity index (χ3v) is 4.77. The molecule has 4 nitrogen and oxygen atoms in total. The van der Waals surface area contributed by atoms with Crippen LogP contribution in [-0.2, 0) is 0 Å². The number of benzene rings is 1. The Hall–Kier alpha value is -1.26. The number of hydrogen-bond acceptors (Lipinski definition) is 4. The van der Waals surface area contributed by atoms with E-state index in [1.54, 1.807) is 7.11 Å². The molecule has 2 aliphatic rings. The van der Waals surface area contributed by atoms with E-state index in [1.807, 2.05) is 6.07 Å². The molecule has 3 rings (SSSR count). The Kier molecular flexibility index (Phi) is 4.99. The Morgan fingerprint density at radius 1 is 1.14 bits per heavy atom. The van der Waals surface area contributed by atoms with E-state index in [0.29, 0.717) is 0 Å². The first-order chi connectivity index (χ1) is 10.4. The largest absolute Gasteiger partial charge is 0.497 e. The number of ether oxygens (including phenoxy) is 1. The molecule has 116 valence electrons. The number of hydrogen-bond donors (Lipinski definition) is 1. The van der Waals surface area contributed by atoms with Crippen LogP contribution in [0.4, 0.5) is 5.69 Å². The van der Waals surface area contributed by atoms with E-state index in [1.165, 1.54) is 51.1 Å². The third-order valence-electron chi connectivity index (χ3n) is 4.77. The van der Waals surface area contributed by atoms with Gasteiger partial charge in [-0.3, -0.25) is 4.90 Å². The van der Waals surface area contributed by atoms with Gasteiger partial charge < -0.3 is 15.0 Å². The molecule has 1 N–H and O–H groups in total. The van der Waals surface area contributed by atoms with Gasteiger partial charge in [0.1, 0.15) is 5.75 Å². The summed E-state index contributed by atoms with van der Waals surface area (Å²) in [6, 6.07) is 9.15. The van der Waals surface area contributed by atoms with Crippen molar-refractivity contribution in [2.45, 2.75) is 25.3 Å². The van der Waals surface area contributed by atoms with Gasteiger partial charge in [-0.25, -0.2) is 0 Å². The van der Waals surface area contributed by atoms with Crippen LogP contribution in [0.2, 0.25) is 0 Å². The highest BCUT2D eigenvalue weighted by molar-refractivity contribution is 5.51. The fraction of sp³-hybridized carbons (Fsp3) is 0.647. The van der Waals surface area contributed by atoms with Gasteiger partial charge in [0, 0.05) is 50.5 Å². The zero-order chi connectivity index (χ0) is 14.5. The number of methoxy groups -OCH3 is 1. The van der Waals surface area contributed by atoms with Gasteiger partial charge in [0.05, 0.1) is 7.11 Å². The molecule has 1 atom stereocenters. The van der Waals surface area contributed by atoms with Gasteiger partial charge in [0.2, 0.25) is 0 Å². The SMILES string of the molecule is COc1cccc(N2CCN(C3CCCCNC3)CC2)c1. The monoisotopic (exact) mass is 289 g/mol. The normalized spacial score (nSPS) is 24.6. The first-order valence-corrected chi connectivity index (χ1v) is 8.20. The first kappa shape index (κ1) is 14.7. The van der Waals surface area contributed by atoms with Gasteiger partial charge in [-0.05, 0) is 31.5 Å². The zero-order valence-corrected chi connectivity index (χ0v) is 13.1. The van der Waals surface area contributed by atoms with Gasteiger partial charge in [-0.15, -0.1) is 0 Å². The Labute approximate surface area is 128 Å². The van der Waals surface area contributed by atoms with Gasteiger partial charge in [0.25, 0.3) is 0 Å². The molecule has 0 spiro atoms. The van der Waals surface area contributed by atoms with Crippen molar-refractivity contribution in [2.75, 3.05) is 51.3 Å². The van der Waals surface area contributed by atoms with Crippen LogP contribution < -0.4 is 15.0 Å². The molecule has 4 heteroatoms. The fourth-order valence-corrected chi connectivity index (χ4v) is 3.46. The predicted molar refractivity (Wildman–Crippen MR) is 87.3 cm³/mol. The summed E-state index contributed by atoms with van der Waals surface area (Å²) in [5, 5.41) is 3.58. The quantitative estimate of drug-likeness (QED) is 0.920. The van der Waals surface area contributed by atoms with Gasteiger partial charge in [0.15, 0.2) is 0 Å². The number of nitrogens with one attached hydrogen (secondary N) is 1. The summed E-state index contributed by atoms with van der Waals surface area (Å²) >= 11 is 0. The number of anilines is 1. The van der Waals surface area contributed by atoms with Crippen molar-refractivity contribution in [1.29, 1.82) is 0 Å². The predicted octanol–water partition coefficient (Wildman–Crippen LogP) is 1.96. The zero-order valence-electron chi connectivity index (χ0n) is 13.1. The molecule has 2 fully saturated rings. The molecule has 0 amide bonds. The molecular weight excluding hydrogens is 262 g/mol. The molecule has 1 aromatic rings. The lowest BCUT2D eigenvalue weighted by atomic mass is 10.1. The van der Waals surface area contributed by atoms with Gasteiger partial charge in [-0.1, -0.05) is 12.5 Å². The first-order valence-electron chi connectivity index (χ1n) is 8.20. The van der Waals surface area contributed by atoms with Crippen LogP contribution in [0.15, 0.2) is 24.3 Å². The minimum absolute atomic E-state index is 0.736. The minimum Gasteiger partial charge on any atom is -0.497 e. The lowest BCUT2D eigenvalue weighted by molar-refractivity contribution is 0.177. The molecule has 2 aliphatic heterocycles.